The number of urea groups is 1. The summed E-state index contributed by atoms with van der Waals surface area (Å²) in [6.45, 7) is 2.57. The molecule has 1 saturated carbocycles. The summed E-state index contributed by atoms with van der Waals surface area (Å²) in [5.41, 5.74) is 1.10. The summed E-state index contributed by atoms with van der Waals surface area (Å²) in [7, 11) is 5.51. The Balaban J connectivity index is 1.48. The van der Waals surface area contributed by atoms with Gasteiger partial charge in [-0.15, -0.1) is 0 Å². The molecule has 3 rings (SSSR count). The number of nitrogens with zero attached hydrogens (tertiary/aromatic N) is 2. The molecule has 0 bridgehead atoms. The Kier molecular flexibility index (Phi) is 8.04. The number of rotatable bonds is 8. The highest BCUT2D eigenvalue weighted by molar-refractivity contribution is 5.75. The van der Waals surface area contributed by atoms with Gasteiger partial charge in [0, 0.05) is 19.1 Å². The van der Waals surface area contributed by atoms with E-state index in [2.05, 4.69) is 17.3 Å². The summed E-state index contributed by atoms with van der Waals surface area (Å²) >= 11 is 0. The van der Waals surface area contributed by atoms with E-state index < -0.39 is 0 Å². The van der Waals surface area contributed by atoms with Gasteiger partial charge >= 0.3 is 6.03 Å². The fraction of sp³-hybridized carbons (Fsp3) is 0.696. The van der Waals surface area contributed by atoms with Crippen molar-refractivity contribution in [2.24, 2.45) is 0 Å². The minimum atomic E-state index is 0.0441. The second kappa shape index (κ2) is 10.7. The Morgan fingerprint density at radius 3 is 2.59 bits per heavy atom. The second-order valence-electron chi connectivity index (χ2n) is 8.32. The molecule has 1 saturated heterocycles. The Morgan fingerprint density at radius 1 is 1.10 bits per heavy atom. The van der Waals surface area contributed by atoms with Gasteiger partial charge in [-0.3, -0.25) is 0 Å². The van der Waals surface area contributed by atoms with Crippen LogP contribution in [0.2, 0.25) is 0 Å². The predicted octanol–water partition coefficient (Wildman–Crippen LogP) is 4.20. The van der Waals surface area contributed by atoms with Crippen LogP contribution in [0.15, 0.2) is 18.2 Å². The van der Waals surface area contributed by atoms with E-state index in [9.17, 15) is 4.79 Å². The molecule has 2 aliphatic rings. The summed E-state index contributed by atoms with van der Waals surface area (Å²) in [4.78, 5) is 17.2. The molecule has 0 radical (unpaired) electrons. The number of carbonyl (C=O) groups is 1. The van der Waals surface area contributed by atoms with Gasteiger partial charge in [-0.2, -0.15) is 0 Å². The van der Waals surface area contributed by atoms with E-state index in [4.69, 9.17) is 9.47 Å². The van der Waals surface area contributed by atoms with Crippen molar-refractivity contribution in [1.82, 2.24) is 15.1 Å². The maximum atomic E-state index is 12.8. The molecule has 2 amide bonds. The van der Waals surface area contributed by atoms with Crippen LogP contribution in [0.1, 0.15) is 63.0 Å². The highest BCUT2D eigenvalue weighted by Crippen LogP contribution is 2.36. The third-order valence-electron chi connectivity index (χ3n) is 6.47. The lowest BCUT2D eigenvalue weighted by atomic mass is 9.94. The highest BCUT2D eigenvalue weighted by atomic mass is 16.5. The number of methoxy groups -OCH3 is 2. The van der Waals surface area contributed by atoms with E-state index >= 15 is 0 Å². The maximum absolute atomic E-state index is 12.8. The standard InChI is InChI=1S/C23H37N3O3/c1-25(19-9-5-4-6-10-19)15-8-14-24-23(27)26-16-7-11-20(26)18-12-13-21(28-2)22(17-18)29-3/h12-13,17,19-20H,4-11,14-16H2,1-3H3,(H,24,27). The van der Waals surface area contributed by atoms with Gasteiger partial charge in [-0.1, -0.05) is 25.3 Å². The summed E-state index contributed by atoms with van der Waals surface area (Å²) in [5, 5.41) is 3.14. The molecule has 6 nitrogen and oxygen atoms in total. The van der Waals surface area contributed by atoms with Crippen LogP contribution in [0.4, 0.5) is 4.79 Å². The first-order chi connectivity index (χ1) is 14.1. The largest absolute Gasteiger partial charge is 0.493 e. The number of benzene rings is 1. The Morgan fingerprint density at radius 2 is 1.86 bits per heavy atom. The second-order valence-corrected chi connectivity index (χ2v) is 8.32. The smallest absolute Gasteiger partial charge is 0.317 e. The third kappa shape index (κ3) is 5.56. The van der Waals surface area contributed by atoms with Gasteiger partial charge < -0.3 is 24.6 Å². The average molecular weight is 404 g/mol. The Hall–Kier alpha value is -1.95. The number of likely N-dealkylation sites (tertiary alicyclic amines) is 1. The van der Waals surface area contributed by atoms with Crippen LogP contribution in [0.5, 0.6) is 11.5 Å². The maximum Gasteiger partial charge on any atom is 0.317 e. The number of ether oxygens (including phenoxy) is 2. The fourth-order valence-corrected chi connectivity index (χ4v) is 4.75. The molecule has 1 aliphatic heterocycles. The normalized spacial score (nSPS) is 20.1. The average Bonchev–Trinajstić information content (AvgIpc) is 3.26. The predicted molar refractivity (Wildman–Crippen MR) is 116 cm³/mol. The lowest BCUT2D eigenvalue weighted by Gasteiger charge is -2.31. The van der Waals surface area contributed by atoms with Gasteiger partial charge in [0.05, 0.1) is 20.3 Å². The van der Waals surface area contributed by atoms with Crippen molar-refractivity contribution in [1.29, 1.82) is 0 Å². The third-order valence-corrected chi connectivity index (χ3v) is 6.47. The molecule has 1 aliphatic carbocycles. The van der Waals surface area contributed by atoms with E-state index in [1.807, 2.05) is 23.1 Å². The van der Waals surface area contributed by atoms with Gasteiger partial charge in [0.15, 0.2) is 11.5 Å². The van der Waals surface area contributed by atoms with Crippen molar-refractivity contribution in [2.75, 3.05) is 40.9 Å². The number of nitrogens with one attached hydrogen (secondary N) is 1. The zero-order chi connectivity index (χ0) is 20.6. The summed E-state index contributed by atoms with van der Waals surface area (Å²) < 4.78 is 10.8. The van der Waals surface area contributed by atoms with Gasteiger partial charge in [-0.25, -0.2) is 4.79 Å². The zero-order valence-electron chi connectivity index (χ0n) is 18.3. The first kappa shape index (κ1) is 21.8. The van der Waals surface area contributed by atoms with Gasteiger partial charge in [-0.05, 0) is 63.4 Å². The van der Waals surface area contributed by atoms with Gasteiger partial charge in [0.2, 0.25) is 0 Å². The summed E-state index contributed by atoms with van der Waals surface area (Å²) in [5.74, 6) is 1.43. The van der Waals surface area contributed by atoms with Crippen molar-refractivity contribution in [3.05, 3.63) is 23.8 Å². The van der Waals surface area contributed by atoms with Crippen molar-refractivity contribution in [3.63, 3.8) is 0 Å². The highest BCUT2D eigenvalue weighted by Gasteiger charge is 2.30. The van der Waals surface area contributed by atoms with Crippen LogP contribution in [0.25, 0.3) is 0 Å². The molecule has 1 heterocycles. The van der Waals surface area contributed by atoms with Crippen molar-refractivity contribution >= 4 is 6.03 Å². The SMILES string of the molecule is COc1ccc(C2CCCN2C(=O)NCCCN(C)C2CCCCC2)cc1OC. The molecule has 1 N–H and O–H groups in total. The van der Waals surface area contributed by atoms with E-state index in [-0.39, 0.29) is 12.1 Å². The topological polar surface area (TPSA) is 54.0 Å². The van der Waals surface area contributed by atoms with Gasteiger partial charge in [0.1, 0.15) is 0 Å². The van der Waals surface area contributed by atoms with E-state index in [1.165, 1.54) is 32.1 Å². The van der Waals surface area contributed by atoms with Crippen LogP contribution in [-0.4, -0.2) is 62.8 Å². The lowest BCUT2D eigenvalue weighted by Crippen LogP contribution is -2.41. The molecule has 1 aromatic rings. The van der Waals surface area contributed by atoms with Crippen LogP contribution in [0, 0.1) is 0 Å². The van der Waals surface area contributed by atoms with Gasteiger partial charge in [0.25, 0.3) is 0 Å². The number of hydrogen-bond acceptors (Lipinski definition) is 4. The van der Waals surface area contributed by atoms with Crippen LogP contribution in [0.3, 0.4) is 0 Å². The first-order valence-electron chi connectivity index (χ1n) is 11.1. The molecule has 29 heavy (non-hydrogen) atoms. The molecule has 1 aromatic carbocycles. The molecule has 2 fully saturated rings. The van der Waals surface area contributed by atoms with Crippen molar-refractivity contribution < 1.29 is 14.3 Å². The van der Waals surface area contributed by atoms with E-state index in [0.717, 1.165) is 50.5 Å². The molecule has 1 unspecified atom stereocenters. The van der Waals surface area contributed by atoms with Crippen molar-refractivity contribution in [2.45, 2.75) is 63.5 Å². The Bertz CT molecular complexity index is 661. The van der Waals surface area contributed by atoms with Crippen LogP contribution in [-0.2, 0) is 0 Å². The molecule has 1 atom stereocenters. The summed E-state index contributed by atoms with van der Waals surface area (Å²) in [6.07, 6.45) is 9.75. The fourth-order valence-electron chi connectivity index (χ4n) is 4.75. The quantitative estimate of drug-likeness (QED) is 0.661. The monoisotopic (exact) mass is 403 g/mol. The van der Waals surface area contributed by atoms with E-state index in [1.54, 1.807) is 14.2 Å². The lowest BCUT2D eigenvalue weighted by molar-refractivity contribution is 0.182. The zero-order valence-corrected chi connectivity index (χ0v) is 18.3. The Labute approximate surface area is 175 Å². The first-order valence-corrected chi connectivity index (χ1v) is 11.1. The molecular weight excluding hydrogens is 366 g/mol. The number of amides is 2. The van der Waals surface area contributed by atoms with Crippen LogP contribution < -0.4 is 14.8 Å². The molecule has 162 valence electrons. The molecule has 6 heteroatoms. The number of carbonyl (C=O) groups excluding carboxylic acids is 1. The molecular formula is C23H37N3O3. The number of hydrogen-bond donors (Lipinski definition) is 1. The minimum absolute atomic E-state index is 0.0441. The molecule has 0 aromatic heterocycles. The van der Waals surface area contributed by atoms with Crippen LogP contribution >= 0.6 is 0 Å². The minimum Gasteiger partial charge on any atom is -0.493 e. The van der Waals surface area contributed by atoms with E-state index in [0.29, 0.717) is 11.5 Å². The molecule has 0 spiro atoms. The summed E-state index contributed by atoms with van der Waals surface area (Å²) in [6, 6.07) is 6.82. The van der Waals surface area contributed by atoms with Crippen molar-refractivity contribution in [3.8, 4) is 11.5 Å².